The number of anilines is 2. The highest BCUT2D eigenvalue weighted by Crippen LogP contribution is 2.42. The molecule has 0 atom stereocenters. The Hall–Kier alpha value is -3.72. The molecule has 4 rings (SSSR count). The normalized spacial score (nSPS) is 14.4. The molecule has 1 heterocycles. The van der Waals surface area contributed by atoms with E-state index < -0.39 is 11.7 Å². The molecule has 0 aromatic heterocycles. The van der Waals surface area contributed by atoms with E-state index in [4.69, 9.17) is 0 Å². The largest absolute Gasteiger partial charge is 0.416 e. The molecule has 5 nitrogen and oxygen atoms in total. The van der Waals surface area contributed by atoms with Crippen molar-refractivity contribution in [2.24, 2.45) is 0 Å². The summed E-state index contributed by atoms with van der Waals surface area (Å²) < 4.78 is 38.7. The predicted molar refractivity (Wildman–Crippen MR) is 141 cm³/mol. The summed E-state index contributed by atoms with van der Waals surface area (Å²) >= 11 is 1.23. The number of benzene rings is 3. The lowest BCUT2D eigenvalue weighted by molar-refractivity contribution is -0.137. The summed E-state index contributed by atoms with van der Waals surface area (Å²) in [6, 6.07) is 21.8. The van der Waals surface area contributed by atoms with Crippen LogP contribution in [0.5, 0.6) is 0 Å². The maximum atomic E-state index is 13.3. The van der Waals surface area contributed by atoms with Crippen LogP contribution in [0.4, 0.5) is 24.5 Å². The fourth-order valence-electron chi connectivity index (χ4n) is 3.89. The maximum Gasteiger partial charge on any atom is 0.416 e. The second-order valence-corrected chi connectivity index (χ2v) is 9.63. The van der Waals surface area contributed by atoms with E-state index in [0.717, 1.165) is 35.7 Å². The molecule has 37 heavy (non-hydrogen) atoms. The van der Waals surface area contributed by atoms with Gasteiger partial charge in [0.15, 0.2) is 0 Å². The van der Waals surface area contributed by atoms with E-state index in [1.54, 1.807) is 18.2 Å². The van der Waals surface area contributed by atoms with Crippen molar-refractivity contribution in [1.29, 1.82) is 0 Å². The number of thioether (sulfide) groups is 1. The lowest BCUT2D eigenvalue weighted by Crippen LogP contribution is -2.43. The first kappa shape index (κ1) is 26.3. The minimum Gasteiger partial charge on any atom is -0.375 e. The standard InChI is InChI=1S/C28H26F3N3O2S/c1-33(22-8-3-2-4-9-22)17-7-16-32-26(35)19-34-23-10-5-6-11-24(23)37-25(27(34)36)18-20-12-14-21(15-13-20)28(29,30)31/h2-6,8-15,18H,7,16-17,19H2,1H3,(H,32,35). The third kappa shape index (κ3) is 6.74. The van der Waals surface area contributed by atoms with Crippen molar-refractivity contribution in [2.45, 2.75) is 17.5 Å². The summed E-state index contributed by atoms with van der Waals surface area (Å²) in [6.45, 7) is 1.06. The summed E-state index contributed by atoms with van der Waals surface area (Å²) in [4.78, 5) is 30.7. The first-order valence-electron chi connectivity index (χ1n) is 11.7. The third-order valence-electron chi connectivity index (χ3n) is 5.86. The molecule has 0 saturated carbocycles. The monoisotopic (exact) mass is 525 g/mol. The summed E-state index contributed by atoms with van der Waals surface area (Å²) in [6.07, 6.45) is -2.15. The smallest absolute Gasteiger partial charge is 0.375 e. The van der Waals surface area contributed by atoms with Crippen molar-refractivity contribution < 1.29 is 22.8 Å². The van der Waals surface area contributed by atoms with E-state index in [-0.39, 0.29) is 18.4 Å². The van der Waals surface area contributed by atoms with Gasteiger partial charge in [0.25, 0.3) is 5.91 Å². The first-order valence-corrected chi connectivity index (χ1v) is 12.5. The molecule has 1 N–H and O–H groups in total. The number of rotatable bonds is 8. The zero-order valence-electron chi connectivity index (χ0n) is 20.2. The van der Waals surface area contributed by atoms with Crippen LogP contribution in [0.1, 0.15) is 17.5 Å². The van der Waals surface area contributed by atoms with Crippen molar-refractivity contribution in [3.63, 3.8) is 0 Å². The molecule has 1 aliphatic heterocycles. The Bertz CT molecular complexity index is 1280. The van der Waals surface area contributed by atoms with E-state index in [9.17, 15) is 22.8 Å². The molecule has 3 aromatic rings. The third-order valence-corrected chi connectivity index (χ3v) is 6.94. The van der Waals surface area contributed by atoms with Gasteiger partial charge in [0.05, 0.1) is 16.2 Å². The molecule has 0 saturated heterocycles. The molecular formula is C28H26F3N3O2S. The van der Waals surface area contributed by atoms with Gasteiger partial charge in [-0.25, -0.2) is 0 Å². The average Bonchev–Trinajstić information content (AvgIpc) is 2.89. The van der Waals surface area contributed by atoms with Gasteiger partial charge in [-0.15, -0.1) is 0 Å². The molecule has 2 amide bonds. The highest BCUT2D eigenvalue weighted by atomic mass is 32.2. The molecule has 192 valence electrons. The van der Waals surface area contributed by atoms with Crippen LogP contribution in [0.3, 0.4) is 0 Å². The predicted octanol–water partition coefficient (Wildman–Crippen LogP) is 5.83. The van der Waals surface area contributed by atoms with Gasteiger partial charge in [-0.2, -0.15) is 13.2 Å². The van der Waals surface area contributed by atoms with Crippen LogP contribution in [0.25, 0.3) is 6.08 Å². The van der Waals surface area contributed by atoms with E-state index >= 15 is 0 Å². The Morgan fingerprint density at radius 1 is 1.00 bits per heavy atom. The Morgan fingerprint density at radius 3 is 2.38 bits per heavy atom. The SMILES string of the molecule is CN(CCCNC(=O)CN1C(=O)C(=Cc2ccc(C(F)(F)F)cc2)Sc2ccccc21)c1ccccc1. The fraction of sp³-hybridized carbons (Fsp3) is 0.214. The van der Waals surface area contributed by atoms with Crippen LogP contribution in [-0.2, 0) is 15.8 Å². The first-order chi connectivity index (χ1) is 17.7. The second-order valence-electron chi connectivity index (χ2n) is 8.55. The van der Waals surface area contributed by atoms with Crippen molar-refractivity contribution in [3.8, 4) is 0 Å². The minimum atomic E-state index is -4.43. The Balaban J connectivity index is 1.41. The zero-order chi connectivity index (χ0) is 26.4. The van der Waals surface area contributed by atoms with E-state index in [2.05, 4.69) is 10.2 Å². The molecule has 0 fully saturated rings. The topological polar surface area (TPSA) is 52.7 Å². The van der Waals surface area contributed by atoms with Crippen LogP contribution in [0, 0.1) is 0 Å². The van der Waals surface area contributed by atoms with Crippen molar-refractivity contribution >= 4 is 41.0 Å². The molecule has 9 heteroatoms. The molecule has 0 radical (unpaired) electrons. The number of hydrogen-bond donors (Lipinski definition) is 1. The quantitative estimate of drug-likeness (QED) is 0.297. The van der Waals surface area contributed by atoms with Gasteiger partial charge in [0.2, 0.25) is 5.91 Å². The van der Waals surface area contributed by atoms with Gasteiger partial charge in [-0.05, 0) is 54.5 Å². The molecule has 1 aliphatic rings. The number of fused-ring (bicyclic) bond motifs is 1. The van der Waals surface area contributed by atoms with E-state index in [0.29, 0.717) is 22.7 Å². The minimum absolute atomic E-state index is 0.157. The number of halogens is 3. The zero-order valence-corrected chi connectivity index (χ0v) is 21.0. The molecule has 0 bridgehead atoms. The van der Waals surface area contributed by atoms with Crippen molar-refractivity contribution in [2.75, 3.05) is 36.5 Å². The van der Waals surface area contributed by atoms with Crippen molar-refractivity contribution in [3.05, 3.63) is 94.9 Å². The summed E-state index contributed by atoms with van der Waals surface area (Å²) in [7, 11) is 1.99. The average molecular weight is 526 g/mol. The summed E-state index contributed by atoms with van der Waals surface area (Å²) in [5, 5.41) is 2.88. The molecule has 3 aromatic carbocycles. The molecular weight excluding hydrogens is 499 g/mol. The maximum absolute atomic E-state index is 13.3. The fourth-order valence-corrected chi connectivity index (χ4v) is 4.95. The van der Waals surface area contributed by atoms with Gasteiger partial charge in [0.1, 0.15) is 6.54 Å². The van der Waals surface area contributed by atoms with Gasteiger partial charge in [-0.3, -0.25) is 14.5 Å². The lowest BCUT2D eigenvalue weighted by Gasteiger charge is -2.30. The summed E-state index contributed by atoms with van der Waals surface area (Å²) in [5.74, 6) is -0.658. The molecule has 0 aliphatic carbocycles. The highest BCUT2D eigenvalue weighted by molar-refractivity contribution is 8.04. The van der Waals surface area contributed by atoms with Crippen LogP contribution in [0.2, 0.25) is 0 Å². The Morgan fingerprint density at radius 2 is 1.68 bits per heavy atom. The lowest BCUT2D eigenvalue weighted by atomic mass is 10.1. The number of hydrogen-bond acceptors (Lipinski definition) is 4. The van der Waals surface area contributed by atoms with Gasteiger partial charge in [-0.1, -0.05) is 54.2 Å². The highest BCUT2D eigenvalue weighted by Gasteiger charge is 2.31. The van der Waals surface area contributed by atoms with E-state index in [1.807, 2.05) is 49.5 Å². The number of carbonyl (C=O) groups excluding carboxylic acids is 2. The second kappa shape index (κ2) is 11.6. The number of amides is 2. The van der Waals surface area contributed by atoms with Crippen LogP contribution >= 0.6 is 11.8 Å². The summed E-state index contributed by atoms with van der Waals surface area (Å²) in [5.41, 5.74) is 1.43. The number of nitrogens with one attached hydrogen (secondary N) is 1. The molecule has 0 unspecified atom stereocenters. The number of alkyl halides is 3. The van der Waals surface area contributed by atoms with Crippen molar-refractivity contribution in [1.82, 2.24) is 5.32 Å². The molecule has 0 spiro atoms. The van der Waals surface area contributed by atoms with Gasteiger partial charge < -0.3 is 10.2 Å². The van der Waals surface area contributed by atoms with E-state index in [1.165, 1.54) is 28.8 Å². The van der Waals surface area contributed by atoms with Crippen LogP contribution in [-0.4, -0.2) is 38.5 Å². The number of carbonyl (C=O) groups is 2. The Kier molecular flexibility index (Phi) is 8.23. The van der Waals surface area contributed by atoms with Gasteiger partial charge in [0, 0.05) is 30.7 Å². The number of nitrogens with zero attached hydrogens (tertiary/aromatic N) is 2. The van der Waals surface area contributed by atoms with Gasteiger partial charge >= 0.3 is 6.18 Å². The van der Waals surface area contributed by atoms with Crippen LogP contribution in [0.15, 0.2) is 88.7 Å². The van der Waals surface area contributed by atoms with Crippen LogP contribution < -0.4 is 15.1 Å². The number of para-hydroxylation sites is 2. The Labute approximate surface area is 218 Å².